The van der Waals surface area contributed by atoms with Gasteiger partial charge < -0.3 is 9.30 Å². The molecule has 15 heavy (non-hydrogen) atoms. The number of ketones is 1. The quantitative estimate of drug-likeness (QED) is 0.573. The lowest BCUT2D eigenvalue weighted by Gasteiger charge is -2.08. The molecule has 0 aliphatic heterocycles. The largest absolute Gasteiger partial charge is 0.383 e. The fraction of sp³-hybridized carbons (Fsp3) is 0.545. The maximum absolute atomic E-state index is 11.5. The van der Waals surface area contributed by atoms with E-state index >= 15 is 0 Å². The van der Waals surface area contributed by atoms with Gasteiger partial charge in [0.25, 0.3) is 0 Å². The standard InChI is InChI=1S/C11H16ClNO2/c1-8-6-10(11(14)7-12)9(2)13(8)4-5-15-3/h6H,4-5,7H2,1-3H3. The molecule has 0 aromatic carbocycles. The normalized spacial score (nSPS) is 10.7. The molecule has 1 heterocycles. The third kappa shape index (κ3) is 2.61. The summed E-state index contributed by atoms with van der Waals surface area (Å²) in [6, 6.07) is 1.88. The highest BCUT2D eigenvalue weighted by Gasteiger charge is 2.14. The lowest BCUT2D eigenvalue weighted by Crippen LogP contribution is -2.09. The van der Waals surface area contributed by atoms with Crippen LogP contribution in [-0.4, -0.2) is 29.9 Å². The van der Waals surface area contributed by atoms with Crippen molar-refractivity contribution in [3.63, 3.8) is 0 Å². The first kappa shape index (κ1) is 12.3. The Labute approximate surface area is 95.0 Å². The maximum atomic E-state index is 11.5. The number of rotatable bonds is 5. The lowest BCUT2D eigenvalue weighted by atomic mass is 10.2. The zero-order chi connectivity index (χ0) is 11.4. The number of alkyl halides is 1. The average molecular weight is 230 g/mol. The summed E-state index contributed by atoms with van der Waals surface area (Å²) in [5.74, 6) is 0.0163. The van der Waals surface area contributed by atoms with E-state index in [1.165, 1.54) is 0 Å². The van der Waals surface area contributed by atoms with Crippen LogP contribution in [0.3, 0.4) is 0 Å². The van der Waals surface area contributed by atoms with Crippen LogP contribution in [0, 0.1) is 13.8 Å². The van der Waals surface area contributed by atoms with Gasteiger partial charge in [0.15, 0.2) is 5.78 Å². The predicted octanol–water partition coefficient (Wildman–Crippen LogP) is 2.17. The van der Waals surface area contributed by atoms with Crippen molar-refractivity contribution in [2.45, 2.75) is 20.4 Å². The molecule has 0 spiro atoms. The molecule has 0 amide bonds. The van der Waals surface area contributed by atoms with Gasteiger partial charge in [0, 0.05) is 30.6 Å². The second kappa shape index (κ2) is 5.33. The molecular weight excluding hydrogens is 214 g/mol. The highest BCUT2D eigenvalue weighted by atomic mass is 35.5. The van der Waals surface area contributed by atoms with E-state index in [1.54, 1.807) is 7.11 Å². The number of halogens is 1. The van der Waals surface area contributed by atoms with Gasteiger partial charge >= 0.3 is 0 Å². The maximum Gasteiger partial charge on any atom is 0.179 e. The van der Waals surface area contributed by atoms with E-state index in [1.807, 2.05) is 19.9 Å². The van der Waals surface area contributed by atoms with Crippen LogP contribution in [0.4, 0.5) is 0 Å². The van der Waals surface area contributed by atoms with Crippen molar-refractivity contribution in [1.82, 2.24) is 4.57 Å². The number of ether oxygens (including phenoxy) is 1. The molecule has 3 nitrogen and oxygen atoms in total. The molecule has 0 unspecified atom stereocenters. The van der Waals surface area contributed by atoms with Crippen LogP contribution in [0.2, 0.25) is 0 Å². The lowest BCUT2D eigenvalue weighted by molar-refractivity contribution is 0.102. The van der Waals surface area contributed by atoms with Gasteiger partial charge in [0.1, 0.15) is 0 Å². The van der Waals surface area contributed by atoms with Gasteiger partial charge in [-0.1, -0.05) is 0 Å². The summed E-state index contributed by atoms with van der Waals surface area (Å²) >= 11 is 5.54. The SMILES string of the molecule is COCCn1c(C)cc(C(=O)CCl)c1C. The molecule has 0 atom stereocenters. The number of carbonyl (C=O) groups excluding carboxylic acids is 1. The highest BCUT2D eigenvalue weighted by molar-refractivity contribution is 6.30. The molecule has 1 aromatic rings. The second-order valence-corrected chi connectivity index (χ2v) is 3.75. The van der Waals surface area contributed by atoms with Crippen LogP contribution >= 0.6 is 11.6 Å². The smallest absolute Gasteiger partial charge is 0.179 e. The van der Waals surface area contributed by atoms with E-state index in [9.17, 15) is 4.79 Å². The van der Waals surface area contributed by atoms with E-state index < -0.39 is 0 Å². The van der Waals surface area contributed by atoms with E-state index in [4.69, 9.17) is 16.3 Å². The van der Waals surface area contributed by atoms with Crippen molar-refractivity contribution in [3.8, 4) is 0 Å². The van der Waals surface area contributed by atoms with Crippen LogP contribution in [0.5, 0.6) is 0 Å². The van der Waals surface area contributed by atoms with Crippen molar-refractivity contribution in [2.75, 3.05) is 19.6 Å². The molecule has 0 fully saturated rings. The fourth-order valence-electron chi connectivity index (χ4n) is 1.68. The third-order valence-electron chi connectivity index (χ3n) is 2.51. The van der Waals surface area contributed by atoms with Crippen molar-refractivity contribution in [3.05, 3.63) is 23.0 Å². The van der Waals surface area contributed by atoms with Gasteiger partial charge in [-0.25, -0.2) is 0 Å². The van der Waals surface area contributed by atoms with Gasteiger partial charge in [-0.05, 0) is 19.9 Å². The van der Waals surface area contributed by atoms with Crippen molar-refractivity contribution in [2.24, 2.45) is 0 Å². The minimum atomic E-state index is -0.0200. The Kier molecular flexibility index (Phi) is 4.36. The summed E-state index contributed by atoms with van der Waals surface area (Å²) in [6.45, 7) is 5.32. The molecule has 0 N–H and O–H groups in total. The van der Waals surface area contributed by atoms with E-state index in [-0.39, 0.29) is 11.7 Å². The molecule has 0 saturated carbocycles. The second-order valence-electron chi connectivity index (χ2n) is 3.49. The summed E-state index contributed by atoms with van der Waals surface area (Å²) in [5.41, 5.74) is 2.76. The van der Waals surface area contributed by atoms with Gasteiger partial charge in [0.05, 0.1) is 12.5 Å². The number of hydrogen-bond donors (Lipinski definition) is 0. The summed E-state index contributed by atoms with van der Waals surface area (Å²) < 4.78 is 7.09. The number of methoxy groups -OCH3 is 1. The Morgan fingerprint density at radius 1 is 1.53 bits per heavy atom. The first-order chi connectivity index (χ1) is 7.11. The molecule has 1 rings (SSSR count). The van der Waals surface area contributed by atoms with Crippen LogP contribution in [-0.2, 0) is 11.3 Å². The van der Waals surface area contributed by atoms with Crippen LogP contribution < -0.4 is 0 Å². The molecule has 0 radical (unpaired) electrons. The molecule has 4 heteroatoms. The van der Waals surface area contributed by atoms with Gasteiger partial charge in [-0.15, -0.1) is 11.6 Å². The summed E-state index contributed by atoms with van der Waals surface area (Å²) in [4.78, 5) is 11.5. The highest BCUT2D eigenvalue weighted by Crippen LogP contribution is 2.16. The van der Waals surface area contributed by atoms with E-state index in [0.717, 1.165) is 23.5 Å². The first-order valence-corrected chi connectivity index (χ1v) is 5.40. The van der Waals surface area contributed by atoms with E-state index in [2.05, 4.69) is 4.57 Å². The Hall–Kier alpha value is -0.800. The molecule has 1 aromatic heterocycles. The van der Waals surface area contributed by atoms with Gasteiger partial charge in [0.2, 0.25) is 0 Å². The number of aryl methyl sites for hydroxylation is 1. The van der Waals surface area contributed by atoms with Crippen molar-refractivity contribution in [1.29, 1.82) is 0 Å². The average Bonchev–Trinajstić information content (AvgIpc) is 2.51. The van der Waals surface area contributed by atoms with Crippen molar-refractivity contribution >= 4 is 17.4 Å². The predicted molar refractivity (Wildman–Crippen MR) is 60.8 cm³/mol. The first-order valence-electron chi connectivity index (χ1n) is 4.86. The van der Waals surface area contributed by atoms with Gasteiger partial charge in [-0.3, -0.25) is 4.79 Å². The number of aromatic nitrogens is 1. The molecule has 0 aliphatic rings. The number of Topliss-reactive ketones (excluding diaryl/α,β-unsaturated/α-hetero) is 1. The summed E-state index contributed by atoms with van der Waals surface area (Å²) in [5, 5.41) is 0. The minimum absolute atomic E-state index is 0.0200. The number of hydrogen-bond acceptors (Lipinski definition) is 2. The number of nitrogens with zero attached hydrogens (tertiary/aromatic N) is 1. The minimum Gasteiger partial charge on any atom is -0.383 e. The molecule has 0 aliphatic carbocycles. The van der Waals surface area contributed by atoms with Gasteiger partial charge in [-0.2, -0.15) is 0 Å². The monoisotopic (exact) mass is 229 g/mol. The Morgan fingerprint density at radius 2 is 2.20 bits per heavy atom. The molecule has 0 saturated heterocycles. The van der Waals surface area contributed by atoms with E-state index in [0.29, 0.717) is 6.61 Å². The molecular formula is C11H16ClNO2. The topological polar surface area (TPSA) is 31.2 Å². The third-order valence-corrected chi connectivity index (χ3v) is 2.76. The van der Waals surface area contributed by atoms with Crippen LogP contribution in [0.25, 0.3) is 0 Å². The zero-order valence-corrected chi connectivity index (χ0v) is 10.1. The summed E-state index contributed by atoms with van der Waals surface area (Å²) in [7, 11) is 1.67. The van der Waals surface area contributed by atoms with Crippen molar-refractivity contribution < 1.29 is 9.53 Å². The molecule has 84 valence electrons. The Bertz CT molecular complexity index is 358. The summed E-state index contributed by atoms with van der Waals surface area (Å²) in [6.07, 6.45) is 0. The van der Waals surface area contributed by atoms with Crippen LogP contribution in [0.1, 0.15) is 21.7 Å². The fourth-order valence-corrected chi connectivity index (χ4v) is 1.83. The van der Waals surface area contributed by atoms with Crippen LogP contribution in [0.15, 0.2) is 6.07 Å². The number of carbonyl (C=O) groups is 1. The Morgan fingerprint density at radius 3 is 2.73 bits per heavy atom. The Balaban J connectivity index is 2.98. The zero-order valence-electron chi connectivity index (χ0n) is 9.34. The molecule has 0 bridgehead atoms.